The molecule has 2 rings (SSSR count). The molecule has 2 aromatic rings. The number of sulfone groups is 1. The van der Waals surface area contributed by atoms with Crippen LogP contribution in [-0.4, -0.2) is 8.42 Å². The van der Waals surface area contributed by atoms with Gasteiger partial charge >= 0.3 is 0 Å². The molecule has 0 bridgehead atoms. The van der Waals surface area contributed by atoms with Crippen LogP contribution in [-0.2, 0) is 15.6 Å². The van der Waals surface area contributed by atoms with Crippen molar-refractivity contribution in [2.75, 3.05) is 0 Å². The Morgan fingerprint density at radius 1 is 1.10 bits per heavy atom. The van der Waals surface area contributed by atoms with E-state index in [1.165, 1.54) is 13.0 Å². The first kappa shape index (κ1) is 16.0. The summed E-state index contributed by atoms with van der Waals surface area (Å²) in [6.45, 7) is 1.52. The Balaban J connectivity index is 2.47. The molecule has 21 heavy (non-hydrogen) atoms. The first-order chi connectivity index (χ1) is 9.72. The maximum atomic E-state index is 13.9. The van der Waals surface area contributed by atoms with E-state index in [1.54, 1.807) is 0 Å². The minimum absolute atomic E-state index is 0.188. The molecule has 0 aliphatic heterocycles. The fraction of sp³-hybridized carbons (Fsp3) is 0.143. The summed E-state index contributed by atoms with van der Waals surface area (Å²) in [5.74, 6) is -3.18. The van der Waals surface area contributed by atoms with E-state index in [1.807, 2.05) is 0 Å². The topological polar surface area (TPSA) is 34.1 Å². The van der Waals surface area contributed by atoms with Crippen LogP contribution in [0.2, 0.25) is 0 Å². The highest BCUT2D eigenvalue weighted by atomic mass is 79.9. The zero-order chi connectivity index (χ0) is 15.8. The van der Waals surface area contributed by atoms with Crippen LogP contribution in [0.3, 0.4) is 0 Å². The Kier molecular flexibility index (Phi) is 4.43. The molecule has 0 atom stereocenters. The number of aryl methyl sites for hydroxylation is 1. The van der Waals surface area contributed by atoms with E-state index < -0.39 is 37.5 Å². The zero-order valence-corrected chi connectivity index (χ0v) is 13.2. The first-order valence-electron chi connectivity index (χ1n) is 5.83. The molecule has 2 aromatic carbocycles. The minimum atomic E-state index is -3.94. The molecule has 0 saturated heterocycles. The Morgan fingerprint density at radius 3 is 2.43 bits per heavy atom. The summed E-state index contributed by atoms with van der Waals surface area (Å²) >= 11 is 2.72. The van der Waals surface area contributed by atoms with Gasteiger partial charge < -0.3 is 0 Å². The normalized spacial score (nSPS) is 11.7. The van der Waals surface area contributed by atoms with Crippen molar-refractivity contribution in [1.82, 2.24) is 0 Å². The van der Waals surface area contributed by atoms with Gasteiger partial charge in [0.25, 0.3) is 0 Å². The van der Waals surface area contributed by atoms with Gasteiger partial charge in [-0.3, -0.25) is 0 Å². The molecule has 112 valence electrons. The molecule has 0 fully saturated rings. The summed E-state index contributed by atoms with van der Waals surface area (Å²) in [5.41, 5.74) is 0.171. The lowest BCUT2D eigenvalue weighted by Crippen LogP contribution is -2.09. The third-order valence-corrected chi connectivity index (χ3v) is 5.47. The standard InChI is InChI=1S/C14H10BrF3O2S/c1-8-2-4-10(16)6-12(8)21(19,20)7-9-3-5-11(17)13(15)14(9)18/h2-6H,7H2,1H3. The molecule has 0 saturated carbocycles. The molecule has 0 aliphatic rings. The molecule has 0 spiro atoms. The molecular formula is C14H10BrF3O2S. The number of hydrogen-bond donors (Lipinski definition) is 0. The van der Waals surface area contributed by atoms with Crippen molar-refractivity contribution >= 4 is 25.8 Å². The van der Waals surface area contributed by atoms with Crippen LogP contribution >= 0.6 is 15.9 Å². The lowest BCUT2D eigenvalue weighted by Gasteiger charge is -2.09. The number of rotatable bonds is 3. The molecule has 2 nitrogen and oxygen atoms in total. The summed E-state index contributed by atoms with van der Waals surface area (Å²) in [6, 6.07) is 5.39. The van der Waals surface area contributed by atoms with E-state index in [0.717, 1.165) is 24.3 Å². The Hall–Kier alpha value is -1.34. The Bertz CT molecular complexity index is 804. The summed E-state index contributed by atoms with van der Waals surface area (Å²) in [7, 11) is -3.94. The average molecular weight is 379 g/mol. The second kappa shape index (κ2) is 5.81. The molecule has 0 aliphatic carbocycles. The third-order valence-electron chi connectivity index (χ3n) is 2.95. The van der Waals surface area contributed by atoms with E-state index in [9.17, 15) is 21.6 Å². The fourth-order valence-corrected chi connectivity index (χ4v) is 3.89. The number of benzene rings is 2. The van der Waals surface area contributed by atoms with Crippen LogP contribution < -0.4 is 0 Å². The van der Waals surface area contributed by atoms with E-state index >= 15 is 0 Å². The van der Waals surface area contributed by atoms with Crippen molar-refractivity contribution in [1.29, 1.82) is 0 Å². The second-order valence-electron chi connectivity index (χ2n) is 4.50. The molecule has 0 amide bonds. The highest BCUT2D eigenvalue weighted by Crippen LogP contribution is 2.27. The molecule has 0 N–H and O–H groups in total. The zero-order valence-electron chi connectivity index (χ0n) is 10.8. The second-order valence-corrected chi connectivity index (χ2v) is 7.25. The van der Waals surface area contributed by atoms with Gasteiger partial charge in [-0.15, -0.1) is 0 Å². The van der Waals surface area contributed by atoms with Crippen LogP contribution in [0.1, 0.15) is 11.1 Å². The van der Waals surface area contributed by atoms with Crippen molar-refractivity contribution < 1.29 is 21.6 Å². The highest BCUT2D eigenvalue weighted by Gasteiger charge is 2.22. The predicted octanol–water partition coefficient (Wildman–Crippen LogP) is 4.15. The molecule has 0 heterocycles. The lowest BCUT2D eigenvalue weighted by molar-refractivity contribution is 0.559. The SMILES string of the molecule is Cc1ccc(F)cc1S(=O)(=O)Cc1ccc(F)c(Br)c1F. The monoisotopic (exact) mass is 378 g/mol. The smallest absolute Gasteiger partial charge is 0.182 e. The minimum Gasteiger partial charge on any atom is -0.223 e. The van der Waals surface area contributed by atoms with Crippen LogP contribution in [0.4, 0.5) is 13.2 Å². The van der Waals surface area contributed by atoms with Gasteiger partial charge in [0.05, 0.1) is 15.1 Å². The lowest BCUT2D eigenvalue weighted by atomic mass is 10.2. The summed E-state index contributed by atoms with van der Waals surface area (Å²) in [6.07, 6.45) is 0. The van der Waals surface area contributed by atoms with Gasteiger partial charge in [0.1, 0.15) is 17.5 Å². The van der Waals surface area contributed by atoms with E-state index in [2.05, 4.69) is 15.9 Å². The Labute approximate surface area is 128 Å². The van der Waals surface area contributed by atoms with Gasteiger partial charge in [-0.1, -0.05) is 12.1 Å². The highest BCUT2D eigenvalue weighted by molar-refractivity contribution is 9.10. The maximum Gasteiger partial charge on any atom is 0.182 e. The summed E-state index contributed by atoms with van der Waals surface area (Å²) in [4.78, 5) is -0.206. The van der Waals surface area contributed by atoms with Crippen molar-refractivity contribution in [2.24, 2.45) is 0 Å². The summed E-state index contributed by atoms with van der Waals surface area (Å²) < 4.78 is 64.4. The van der Waals surface area contributed by atoms with Crippen LogP contribution in [0.15, 0.2) is 39.7 Å². The van der Waals surface area contributed by atoms with Gasteiger partial charge in [-0.2, -0.15) is 0 Å². The molecular weight excluding hydrogens is 369 g/mol. The summed E-state index contributed by atoms with van der Waals surface area (Å²) in [5, 5.41) is 0. The molecule has 0 aromatic heterocycles. The quantitative estimate of drug-likeness (QED) is 0.751. The largest absolute Gasteiger partial charge is 0.223 e. The number of hydrogen-bond acceptors (Lipinski definition) is 2. The van der Waals surface area contributed by atoms with E-state index in [0.29, 0.717) is 5.56 Å². The first-order valence-corrected chi connectivity index (χ1v) is 8.28. The Morgan fingerprint density at radius 2 is 1.76 bits per heavy atom. The predicted molar refractivity (Wildman–Crippen MR) is 76.1 cm³/mol. The average Bonchev–Trinajstić information content (AvgIpc) is 2.42. The molecule has 7 heteroatoms. The van der Waals surface area contributed by atoms with Crippen molar-refractivity contribution in [3.63, 3.8) is 0 Å². The third kappa shape index (κ3) is 3.29. The van der Waals surface area contributed by atoms with E-state index in [-0.39, 0.29) is 10.5 Å². The molecule has 0 radical (unpaired) electrons. The fourth-order valence-electron chi connectivity index (χ4n) is 1.87. The van der Waals surface area contributed by atoms with Crippen LogP contribution in [0, 0.1) is 24.4 Å². The van der Waals surface area contributed by atoms with Gasteiger partial charge in [-0.05, 0) is 46.6 Å². The van der Waals surface area contributed by atoms with Crippen molar-refractivity contribution in [3.8, 4) is 0 Å². The van der Waals surface area contributed by atoms with Crippen LogP contribution in [0.25, 0.3) is 0 Å². The van der Waals surface area contributed by atoms with Crippen molar-refractivity contribution in [3.05, 3.63) is 63.4 Å². The molecule has 0 unspecified atom stereocenters. The van der Waals surface area contributed by atoms with Gasteiger partial charge in [-0.25, -0.2) is 21.6 Å². The van der Waals surface area contributed by atoms with E-state index in [4.69, 9.17) is 0 Å². The van der Waals surface area contributed by atoms with Crippen LogP contribution in [0.5, 0.6) is 0 Å². The van der Waals surface area contributed by atoms with Gasteiger partial charge in [0.15, 0.2) is 9.84 Å². The number of halogens is 4. The van der Waals surface area contributed by atoms with Crippen molar-refractivity contribution in [2.45, 2.75) is 17.6 Å². The maximum absolute atomic E-state index is 13.9. The van der Waals surface area contributed by atoms with Gasteiger partial charge in [0.2, 0.25) is 0 Å². The van der Waals surface area contributed by atoms with Gasteiger partial charge in [0, 0.05) is 5.56 Å².